The van der Waals surface area contributed by atoms with Crippen LogP contribution >= 0.6 is 0 Å². The largest absolute Gasteiger partial charge is 0.497 e. The van der Waals surface area contributed by atoms with E-state index in [1.807, 2.05) is 35.2 Å². The third-order valence-electron chi connectivity index (χ3n) is 13.1. The molecule has 3 aromatic carbocycles. The molecular weight excluding hydrogens is 835 g/mol. The lowest BCUT2D eigenvalue weighted by molar-refractivity contribution is -0.137. The van der Waals surface area contributed by atoms with Gasteiger partial charge in [-0.1, -0.05) is 50.2 Å². The van der Waals surface area contributed by atoms with E-state index in [1.165, 1.54) is 19.2 Å². The summed E-state index contributed by atoms with van der Waals surface area (Å²) in [6.07, 6.45) is -1.98. The van der Waals surface area contributed by atoms with Gasteiger partial charge in [-0.2, -0.15) is 13.2 Å². The second-order valence-corrected chi connectivity index (χ2v) is 18.1. The fourth-order valence-electron chi connectivity index (χ4n) is 9.67. The van der Waals surface area contributed by atoms with Gasteiger partial charge in [0.15, 0.2) is 6.17 Å². The van der Waals surface area contributed by atoms with E-state index >= 15 is 4.39 Å². The molecule has 8 rings (SSSR count). The summed E-state index contributed by atoms with van der Waals surface area (Å²) in [7, 11) is 2.91. The van der Waals surface area contributed by atoms with E-state index in [9.17, 15) is 26.7 Å². The first-order valence-electron chi connectivity index (χ1n) is 21.8. The van der Waals surface area contributed by atoms with Crippen LogP contribution in [0.2, 0.25) is 0 Å². The number of alkyl halides is 6. The topological polar surface area (TPSA) is 86.7 Å². The van der Waals surface area contributed by atoms with Crippen LogP contribution in [0.3, 0.4) is 0 Å². The van der Waals surface area contributed by atoms with Crippen molar-refractivity contribution in [2.24, 2.45) is 5.41 Å². The van der Waals surface area contributed by atoms with Crippen molar-refractivity contribution in [2.45, 2.75) is 108 Å². The van der Waals surface area contributed by atoms with Gasteiger partial charge >= 0.3 is 12.1 Å². The number of ether oxygens (including phenoxy) is 3. The number of nitrogens with zero attached hydrogens (tertiary/aromatic N) is 4. The molecule has 2 fully saturated rings. The van der Waals surface area contributed by atoms with E-state index in [4.69, 9.17) is 19.2 Å². The molecular formula is C50H52F6N4O4. The smallest absolute Gasteiger partial charge is 0.416 e. The number of hydrogen-bond donors (Lipinski definition) is 0. The molecule has 338 valence electrons. The summed E-state index contributed by atoms with van der Waals surface area (Å²) < 4.78 is 106. The SMILES string of the molecule is COC(=O)c1cccc(-c2cnc(N3CCC(c4nc5c(c(C6CCC(F)(F)CC6)c4C(F)c4ccc(C(F)(F)F)cc4)C(OCc4ccc(OC)cc4)CC(C)(C)C5)CC3)nc2)c1. The molecule has 64 heavy (non-hydrogen) atoms. The maximum absolute atomic E-state index is 17.9. The van der Waals surface area contributed by atoms with Crippen LogP contribution in [0.1, 0.15) is 138 Å². The molecule has 5 aromatic rings. The number of hydrogen-bond acceptors (Lipinski definition) is 8. The number of rotatable bonds is 11. The molecule has 3 aliphatic rings. The third kappa shape index (κ3) is 9.76. The van der Waals surface area contributed by atoms with E-state index in [0.29, 0.717) is 72.9 Å². The molecule has 8 nitrogen and oxygen atoms in total. The molecule has 0 N–H and O–H groups in total. The summed E-state index contributed by atoms with van der Waals surface area (Å²) in [6, 6.07) is 18.6. The Labute approximate surface area is 369 Å². The van der Waals surface area contributed by atoms with Gasteiger partial charge in [0.25, 0.3) is 0 Å². The average Bonchev–Trinajstić information content (AvgIpc) is 3.29. The van der Waals surface area contributed by atoms with Crippen LogP contribution in [-0.4, -0.2) is 54.2 Å². The maximum atomic E-state index is 17.9. The minimum atomic E-state index is -4.61. The Morgan fingerprint density at radius 3 is 2.16 bits per heavy atom. The van der Waals surface area contributed by atoms with Crippen LogP contribution in [-0.2, 0) is 28.7 Å². The van der Waals surface area contributed by atoms with Crippen molar-refractivity contribution in [1.29, 1.82) is 0 Å². The lowest BCUT2D eigenvalue weighted by Crippen LogP contribution is -2.36. The minimum absolute atomic E-state index is 0.0354. The van der Waals surface area contributed by atoms with Gasteiger partial charge in [-0.25, -0.2) is 27.9 Å². The monoisotopic (exact) mass is 886 g/mol. The Hall–Kier alpha value is -5.50. The predicted molar refractivity (Wildman–Crippen MR) is 230 cm³/mol. The lowest BCUT2D eigenvalue weighted by atomic mass is 9.68. The normalized spacial score (nSPS) is 19.5. The van der Waals surface area contributed by atoms with Gasteiger partial charge in [0.1, 0.15) is 5.75 Å². The molecule has 3 heterocycles. The van der Waals surface area contributed by atoms with Crippen LogP contribution in [0.15, 0.2) is 85.2 Å². The Kier molecular flexibility index (Phi) is 12.8. The number of piperidine rings is 1. The number of fused-ring (bicyclic) bond motifs is 1. The zero-order valence-corrected chi connectivity index (χ0v) is 36.4. The van der Waals surface area contributed by atoms with Crippen molar-refractivity contribution in [3.8, 4) is 16.9 Å². The number of pyridine rings is 1. The summed E-state index contributed by atoms with van der Waals surface area (Å²) >= 11 is 0. The summed E-state index contributed by atoms with van der Waals surface area (Å²) in [4.78, 5) is 28.9. The van der Waals surface area contributed by atoms with Gasteiger partial charge in [-0.3, -0.25) is 4.98 Å². The molecule has 14 heteroatoms. The van der Waals surface area contributed by atoms with Gasteiger partial charge in [0.2, 0.25) is 11.9 Å². The average molecular weight is 887 g/mol. The van der Waals surface area contributed by atoms with Gasteiger partial charge in [-0.15, -0.1) is 0 Å². The number of carbonyl (C=O) groups is 1. The lowest BCUT2D eigenvalue weighted by Gasteiger charge is -2.42. The molecule has 1 saturated carbocycles. The van der Waals surface area contributed by atoms with Gasteiger partial charge in [0.05, 0.1) is 43.8 Å². The number of anilines is 1. The first kappa shape index (κ1) is 45.1. The quantitative estimate of drug-likeness (QED) is 0.0957. The highest BCUT2D eigenvalue weighted by atomic mass is 19.4. The highest BCUT2D eigenvalue weighted by Gasteiger charge is 2.44. The van der Waals surface area contributed by atoms with Crippen LogP contribution in [0.25, 0.3) is 11.1 Å². The molecule has 2 atom stereocenters. The molecule has 0 amide bonds. The maximum Gasteiger partial charge on any atom is 0.416 e. The summed E-state index contributed by atoms with van der Waals surface area (Å²) in [5.74, 6) is -2.84. The van der Waals surface area contributed by atoms with Gasteiger partial charge in [-0.05, 0) is 109 Å². The first-order valence-corrected chi connectivity index (χ1v) is 21.8. The van der Waals surface area contributed by atoms with E-state index < -0.39 is 41.8 Å². The summed E-state index contributed by atoms with van der Waals surface area (Å²) in [5, 5.41) is 0. The Balaban J connectivity index is 1.18. The molecule has 0 radical (unpaired) electrons. The number of aromatic nitrogens is 3. The highest BCUT2D eigenvalue weighted by Crippen LogP contribution is 2.53. The fraction of sp³-hybridized carbons (Fsp3) is 0.440. The molecule has 2 unspecified atom stereocenters. The summed E-state index contributed by atoms with van der Waals surface area (Å²) in [5.41, 5.74) is 4.49. The molecule has 2 aliphatic carbocycles. The number of methoxy groups -OCH3 is 2. The minimum Gasteiger partial charge on any atom is -0.497 e. The van der Waals surface area contributed by atoms with Crippen molar-refractivity contribution < 1.29 is 45.3 Å². The standard InChI is InChI=1S/C50H52F6N4O4/c1-48(2)25-39-42(40(26-48)64-29-30-8-14-38(62-3)15-9-30)41(31-16-20-49(52,53)21-17-31)43(44(51)32-10-12-37(13-11-32)50(54,55)56)45(59-39)33-18-22-60(23-19-33)47-57-27-36(28-58-47)34-6-5-7-35(24-34)46(61)63-4/h5-15,24,27-28,31,33,40,44H,16-23,25-26,29H2,1-4H3. The highest BCUT2D eigenvalue weighted by molar-refractivity contribution is 5.90. The zero-order valence-electron chi connectivity index (χ0n) is 36.4. The van der Waals surface area contributed by atoms with E-state index in [2.05, 4.69) is 23.8 Å². The Morgan fingerprint density at radius 1 is 0.859 bits per heavy atom. The molecule has 0 bridgehead atoms. The van der Waals surface area contributed by atoms with Crippen LogP contribution in [0.4, 0.5) is 32.3 Å². The van der Waals surface area contributed by atoms with Crippen LogP contribution in [0, 0.1) is 5.41 Å². The second kappa shape index (κ2) is 18.2. The van der Waals surface area contributed by atoms with Gasteiger partial charge in [0, 0.05) is 66.6 Å². The Morgan fingerprint density at radius 2 is 1.53 bits per heavy atom. The number of benzene rings is 3. The number of esters is 1. The summed E-state index contributed by atoms with van der Waals surface area (Å²) in [6.45, 7) is 5.50. The molecule has 1 aliphatic heterocycles. The van der Waals surface area contributed by atoms with Crippen molar-refractivity contribution in [3.63, 3.8) is 0 Å². The molecule has 2 aromatic heterocycles. The number of halogens is 6. The first-order chi connectivity index (χ1) is 30.5. The molecule has 0 spiro atoms. The van der Waals surface area contributed by atoms with E-state index in [-0.39, 0.29) is 54.7 Å². The predicted octanol–water partition coefficient (Wildman–Crippen LogP) is 12.3. The van der Waals surface area contributed by atoms with Crippen LogP contribution in [0.5, 0.6) is 5.75 Å². The zero-order chi connectivity index (χ0) is 45.4. The van der Waals surface area contributed by atoms with Crippen molar-refractivity contribution >= 4 is 11.9 Å². The number of carbonyl (C=O) groups excluding carboxylic acids is 1. The van der Waals surface area contributed by atoms with Crippen molar-refractivity contribution in [2.75, 3.05) is 32.2 Å². The fourth-order valence-corrected chi connectivity index (χ4v) is 9.67. The van der Waals surface area contributed by atoms with Crippen molar-refractivity contribution in [3.05, 3.63) is 136 Å². The van der Waals surface area contributed by atoms with E-state index in [1.54, 1.807) is 37.7 Å². The second-order valence-electron chi connectivity index (χ2n) is 18.1. The molecule has 1 saturated heterocycles. The third-order valence-corrected chi connectivity index (χ3v) is 13.1. The Bertz CT molecular complexity index is 2430. The van der Waals surface area contributed by atoms with E-state index in [0.717, 1.165) is 34.5 Å². The van der Waals surface area contributed by atoms with Gasteiger partial charge < -0.3 is 19.1 Å². The van der Waals surface area contributed by atoms with Crippen LogP contribution < -0.4 is 9.64 Å². The van der Waals surface area contributed by atoms with Crippen molar-refractivity contribution in [1.82, 2.24) is 15.0 Å².